The van der Waals surface area contributed by atoms with Crippen molar-refractivity contribution < 1.29 is 19.7 Å². The lowest BCUT2D eigenvalue weighted by Crippen LogP contribution is -2.32. The Morgan fingerprint density at radius 1 is 0.410 bits per heavy atom. The van der Waals surface area contributed by atoms with Crippen LogP contribution in [0.3, 0.4) is 0 Å². The summed E-state index contributed by atoms with van der Waals surface area (Å²) < 4.78 is 9.98. The molecule has 0 saturated heterocycles. The van der Waals surface area contributed by atoms with Gasteiger partial charge in [-0.2, -0.15) is 0 Å². The van der Waals surface area contributed by atoms with Crippen LogP contribution in [0.1, 0.15) is 178 Å². The van der Waals surface area contributed by atoms with E-state index in [0.717, 1.165) is 46.8 Å². The summed E-state index contributed by atoms with van der Waals surface area (Å²) in [6, 6.07) is 52.2. The van der Waals surface area contributed by atoms with E-state index in [0.29, 0.717) is 11.2 Å². The van der Waals surface area contributed by atoms with Gasteiger partial charge in [0.15, 0.2) is 0 Å². The first kappa shape index (κ1) is 62.1. The fourth-order valence-electron chi connectivity index (χ4n) is 12.1. The van der Waals surface area contributed by atoms with Crippen molar-refractivity contribution in [1.82, 2.24) is 0 Å². The number of fused-ring (bicyclic) bond motifs is 6. The van der Waals surface area contributed by atoms with Crippen molar-refractivity contribution in [2.75, 3.05) is 0 Å². The smallest absolute Gasteiger partial charge is 0.537 e. The number of hydrogen-bond acceptors (Lipinski definition) is 4. The van der Waals surface area contributed by atoms with Crippen LogP contribution in [-0.2, 0) is 10.8 Å². The summed E-state index contributed by atoms with van der Waals surface area (Å²) in [5.41, 5.74) is 16.5. The quantitative estimate of drug-likeness (QED) is 0.0303. The lowest BCUT2D eigenvalue weighted by atomic mass is 9.68. The van der Waals surface area contributed by atoms with Crippen molar-refractivity contribution in [3.8, 4) is 50.3 Å². The third-order valence-electron chi connectivity index (χ3n) is 16.2. The fourth-order valence-corrected chi connectivity index (χ4v) is 13.2. The van der Waals surface area contributed by atoms with Gasteiger partial charge in [0.05, 0.1) is 0 Å². The van der Waals surface area contributed by atoms with Crippen molar-refractivity contribution in [2.24, 2.45) is 0 Å². The molecule has 0 aliphatic heterocycles. The second-order valence-electron chi connectivity index (χ2n) is 21.5. The summed E-state index contributed by atoms with van der Waals surface area (Å²) >= 11 is 12.8. The minimum absolute atomic E-state index is 0.0723. The van der Waals surface area contributed by atoms with E-state index >= 15 is 0 Å². The molecule has 78 heavy (non-hydrogen) atoms. The maximum absolute atomic E-state index is 9.85. The minimum Gasteiger partial charge on any atom is -0.537 e. The molecule has 9 rings (SSSR count). The SMILES string of the molecule is Brc1ccc(I)cc1.CCCCCCC1(CCCCCC)c2cc(-c3ccc(Br)cc3)ccc2-c2ccc(-c3ccc(Br)cc3)cc21.CCCCCCC1(CCCCCC)c2cc(O[B]O)ccc2-c2ccc(B(O)O)cc21. The highest BCUT2D eigenvalue weighted by Gasteiger charge is 2.44. The first-order chi connectivity index (χ1) is 37.9. The molecular formula is C68H79B2Br3IO4. The van der Waals surface area contributed by atoms with E-state index in [-0.39, 0.29) is 10.8 Å². The molecule has 0 bridgehead atoms. The average Bonchev–Trinajstić information content (AvgIpc) is 3.90. The third kappa shape index (κ3) is 15.7. The molecule has 0 spiro atoms. The van der Waals surface area contributed by atoms with Gasteiger partial charge >= 0.3 is 14.8 Å². The van der Waals surface area contributed by atoms with Crippen LogP contribution in [-0.4, -0.2) is 29.9 Å². The molecule has 3 N–H and O–H groups in total. The van der Waals surface area contributed by atoms with E-state index in [4.69, 9.17) is 9.68 Å². The molecular weight excluding hydrogens is 1270 g/mol. The van der Waals surface area contributed by atoms with Crippen LogP contribution >= 0.6 is 70.4 Å². The monoisotopic (exact) mass is 1350 g/mol. The van der Waals surface area contributed by atoms with Crippen molar-refractivity contribution in [1.29, 1.82) is 0 Å². The van der Waals surface area contributed by atoms with E-state index in [1.807, 2.05) is 36.4 Å². The first-order valence-electron chi connectivity index (χ1n) is 28.9. The molecule has 7 aromatic rings. The molecule has 0 saturated carbocycles. The zero-order valence-electron chi connectivity index (χ0n) is 46.4. The van der Waals surface area contributed by atoms with Crippen LogP contribution < -0.4 is 10.1 Å². The van der Waals surface area contributed by atoms with Gasteiger partial charge in [-0.25, -0.2) is 0 Å². The van der Waals surface area contributed by atoms with Crippen molar-refractivity contribution >= 4 is 90.6 Å². The van der Waals surface area contributed by atoms with E-state index in [1.165, 1.54) is 162 Å². The number of unbranched alkanes of at least 4 members (excludes halogenated alkanes) is 12. The molecule has 7 aromatic carbocycles. The lowest BCUT2D eigenvalue weighted by molar-refractivity contribution is 0.398. The summed E-state index contributed by atoms with van der Waals surface area (Å²) in [6.45, 7) is 9.08. The Kier molecular flexibility index (Phi) is 24.8. The molecule has 4 nitrogen and oxygen atoms in total. The van der Waals surface area contributed by atoms with Gasteiger partial charge in [-0.15, -0.1) is 0 Å². The largest absolute Gasteiger partial charge is 0.569 e. The lowest BCUT2D eigenvalue weighted by Gasteiger charge is -2.33. The summed E-state index contributed by atoms with van der Waals surface area (Å²) in [6.07, 6.45) is 24.4. The molecule has 0 amide bonds. The predicted molar refractivity (Wildman–Crippen MR) is 352 cm³/mol. The predicted octanol–water partition coefficient (Wildman–Crippen LogP) is 20.3. The number of rotatable bonds is 25. The Bertz CT molecular complexity index is 2820. The Labute approximate surface area is 508 Å². The molecule has 2 aliphatic carbocycles. The van der Waals surface area contributed by atoms with Gasteiger partial charge in [0.1, 0.15) is 5.75 Å². The first-order valence-corrected chi connectivity index (χ1v) is 32.4. The Morgan fingerprint density at radius 3 is 1.10 bits per heavy atom. The van der Waals surface area contributed by atoms with Gasteiger partial charge in [-0.3, -0.25) is 0 Å². The van der Waals surface area contributed by atoms with Crippen LogP contribution in [0.2, 0.25) is 0 Å². The minimum atomic E-state index is -1.48. The summed E-state index contributed by atoms with van der Waals surface area (Å²) in [7, 11) is -0.747. The standard InChI is InChI=1S/C37H40Br2.C25H35B2O4.C6H4BrI/c1-3-5-7-9-23-37(24-10-8-6-4-2)35-25-29(27-11-17-31(38)18-12-27)15-21-33(35)34-22-16-30(26-36(34)37)28-13-19-32(39)20-14-28;1-3-5-7-9-15-25(16-10-8-6-4-2)23-17-19(27(29)30)11-13-21(23)22-14-12-20(31-26-28)18-24(22)25;7-5-1-3-6(8)4-2-5/h11-22,25-26H,3-10,23-24H2,1-2H3;11-14,17-18,28-30H,3-10,15-16H2,1-2H3;1-4H. The second-order valence-corrected chi connectivity index (χ2v) is 25.5. The van der Waals surface area contributed by atoms with E-state index < -0.39 is 7.12 Å². The summed E-state index contributed by atoms with van der Waals surface area (Å²) in [4.78, 5) is 0. The maximum atomic E-state index is 9.85. The highest BCUT2D eigenvalue weighted by Crippen LogP contribution is 2.57. The van der Waals surface area contributed by atoms with Crippen LogP contribution in [0.5, 0.6) is 5.75 Å². The van der Waals surface area contributed by atoms with Gasteiger partial charge in [-0.05, 0) is 193 Å². The molecule has 10 heteroatoms. The van der Waals surface area contributed by atoms with Crippen molar-refractivity contribution in [2.45, 2.75) is 167 Å². The number of hydrogen-bond donors (Lipinski definition) is 3. The van der Waals surface area contributed by atoms with Crippen LogP contribution in [0, 0.1) is 3.57 Å². The van der Waals surface area contributed by atoms with Gasteiger partial charge in [-0.1, -0.05) is 251 Å². The second kappa shape index (κ2) is 31.1. The molecule has 1 radical (unpaired) electrons. The number of halogens is 4. The van der Waals surface area contributed by atoms with Crippen LogP contribution in [0.15, 0.2) is 159 Å². The van der Waals surface area contributed by atoms with Crippen LogP contribution in [0.4, 0.5) is 0 Å². The van der Waals surface area contributed by atoms with Crippen LogP contribution in [0.25, 0.3) is 44.5 Å². The highest BCUT2D eigenvalue weighted by molar-refractivity contribution is 14.1. The van der Waals surface area contributed by atoms with Crippen molar-refractivity contribution in [3.63, 3.8) is 0 Å². The summed E-state index contributed by atoms with van der Waals surface area (Å²) in [5, 5.41) is 28.9. The van der Waals surface area contributed by atoms with Crippen molar-refractivity contribution in [3.05, 3.63) is 185 Å². The summed E-state index contributed by atoms with van der Waals surface area (Å²) in [5.74, 6) is 0.628. The topological polar surface area (TPSA) is 69.9 Å². The number of benzene rings is 7. The Balaban J connectivity index is 0.000000201. The Morgan fingerprint density at radius 2 is 0.744 bits per heavy atom. The average molecular weight is 1350 g/mol. The zero-order chi connectivity index (χ0) is 55.5. The van der Waals surface area contributed by atoms with E-state index in [1.54, 1.807) is 11.1 Å². The molecule has 409 valence electrons. The zero-order valence-corrected chi connectivity index (χ0v) is 53.3. The van der Waals surface area contributed by atoms with Gasteiger partial charge in [0.25, 0.3) is 0 Å². The molecule has 0 fully saturated rings. The fraction of sp³-hybridized carbons (Fsp3) is 0.382. The van der Waals surface area contributed by atoms with Gasteiger partial charge < -0.3 is 19.7 Å². The maximum Gasteiger partial charge on any atom is 0.569 e. The molecule has 0 aromatic heterocycles. The van der Waals surface area contributed by atoms with Gasteiger partial charge in [0.2, 0.25) is 0 Å². The van der Waals surface area contributed by atoms with E-state index in [2.05, 4.69) is 207 Å². The normalized spacial score (nSPS) is 13.0. The Hall–Kier alpha value is -3.48. The molecule has 0 unspecified atom stereocenters. The highest BCUT2D eigenvalue weighted by atomic mass is 127. The molecule has 2 aliphatic rings. The molecule has 0 heterocycles. The molecule has 0 atom stereocenters. The third-order valence-corrected chi connectivity index (χ3v) is 18.5. The van der Waals surface area contributed by atoms with Gasteiger partial charge in [0, 0.05) is 27.8 Å². The van der Waals surface area contributed by atoms with E-state index in [9.17, 15) is 10.0 Å².